The van der Waals surface area contributed by atoms with Gasteiger partial charge in [-0.1, -0.05) is 12.1 Å². The number of aliphatic hydroxyl groups excluding tert-OH is 1. The summed E-state index contributed by atoms with van der Waals surface area (Å²) in [5.41, 5.74) is 6.31. The summed E-state index contributed by atoms with van der Waals surface area (Å²) in [6.45, 7) is 2.59. The van der Waals surface area contributed by atoms with Gasteiger partial charge in [0.1, 0.15) is 0 Å². The summed E-state index contributed by atoms with van der Waals surface area (Å²) in [4.78, 5) is 0. The number of nitrogens with two attached hydrogens (primary N) is 1. The van der Waals surface area contributed by atoms with Crippen molar-refractivity contribution >= 4 is 0 Å². The number of rotatable bonds is 5. The zero-order valence-electron chi connectivity index (χ0n) is 8.77. The van der Waals surface area contributed by atoms with Crippen LogP contribution < -0.4 is 5.73 Å². The van der Waals surface area contributed by atoms with Crippen LogP contribution in [0.25, 0.3) is 0 Å². The lowest BCUT2D eigenvalue weighted by molar-refractivity contribution is 0.126. The normalized spacial score (nSPS) is 15.4. The molecular formula is C9H18N4O. The molecule has 0 aromatic carbocycles. The summed E-state index contributed by atoms with van der Waals surface area (Å²) in [5, 5.41) is 17.1. The highest BCUT2D eigenvalue weighted by Crippen LogP contribution is 2.24. The first kappa shape index (κ1) is 11.1. The predicted molar refractivity (Wildman–Crippen MR) is 53.6 cm³/mol. The molecule has 0 aliphatic heterocycles. The van der Waals surface area contributed by atoms with Gasteiger partial charge in [-0.25, -0.2) is 0 Å². The quantitative estimate of drug-likeness (QED) is 0.681. The highest BCUT2D eigenvalue weighted by molar-refractivity contribution is 4.99. The number of hydrogen-bond donors (Lipinski definition) is 2. The van der Waals surface area contributed by atoms with Crippen molar-refractivity contribution in [3.63, 3.8) is 0 Å². The summed E-state index contributed by atoms with van der Waals surface area (Å²) in [6, 6.07) is 0. The number of hydrogen-bond acceptors (Lipinski definition) is 4. The Hall–Kier alpha value is -0.940. The van der Waals surface area contributed by atoms with Gasteiger partial charge in [0, 0.05) is 31.6 Å². The lowest BCUT2D eigenvalue weighted by Crippen LogP contribution is -2.36. The molecule has 0 aliphatic carbocycles. The van der Waals surface area contributed by atoms with Crippen molar-refractivity contribution < 1.29 is 5.11 Å². The van der Waals surface area contributed by atoms with E-state index in [1.807, 2.05) is 20.2 Å². The Morgan fingerprint density at radius 2 is 2.36 bits per heavy atom. The molecule has 80 valence electrons. The van der Waals surface area contributed by atoms with Gasteiger partial charge in [0.05, 0.1) is 12.3 Å². The number of aryl methyl sites for hydroxylation is 1. The van der Waals surface area contributed by atoms with Crippen LogP contribution in [-0.2, 0) is 13.5 Å². The monoisotopic (exact) mass is 198 g/mol. The molecule has 0 fully saturated rings. The molecule has 1 rings (SSSR count). The molecule has 14 heavy (non-hydrogen) atoms. The SMILES string of the molecule is CCC(CN)(CO)Cc1cn(C)nn1. The molecule has 5 heteroatoms. The smallest absolute Gasteiger partial charge is 0.0833 e. The first-order chi connectivity index (χ1) is 6.65. The Morgan fingerprint density at radius 1 is 1.64 bits per heavy atom. The van der Waals surface area contributed by atoms with Crippen molar-refractivity contribution in [3.8, 4) is 0 Å². The number of nitrogens with zero attached hydrogens (tertiary/aromatic N) is 3. The second-order valence-electron chi connectivity index (χ2n) is 3.78. The Morgan fingerprint density at radius 3 is 2.71 bits per heavy atom. The molecule has 0 spiro atoms. The lowest BCUT2D eigenvalue weighted by atomic mass is 9.82. The summed E-state index contributed by atoms with van der Waals surface area (Å²) in [6.07, 6.45) is 3.39. The average molecular weight is 198 g/mol. The van der Waals surface area contributed by atoms with E-state index >= 15 is 0 Å². The van der Waals surface area contributed by atoms with Gasteiger partial charge in [0.15, 0.2) is 0 Å². The van der Waals surface area contributed by atoms with Crippen LogP contribution in [0.5, 0.6) is 0 Å². The molecule has 3 N–H and O–H groups in total. The van der Waals surface area contributed by atoms with E-state index in [1.165, 1.54) is 0 Å². The van der Waals surface area contributed by atoms with E-state index in [9.17, 15) is 5.11 Å². The van der Waals surface area contributed by atoms with E-state index in [1.54, 1.807) is 4.68 Å². The van der Waals surface area contributed by atoms with E-state index < -0.39 is 0 Å². The third-order valence-electron chi connectivity index (χ3n) is 2.72. The summed E-state index contributed by atoms with van der Waals surface area (Å²) in [5.74, 6) is 0. The van der Waals surface area contributed by atoms with Gasteiger partial charge in [-0.05, 0) is 6.42 Å². The van der Waals surface area contributed by atoms with Crippen LogP contribution in [0.1, 0.15) is 19.0 Å². The van der Waals surface area contributed by atoms with Gasteiger partial charge in [0.25, 0.3) is 0 Å². The average Bonchev–Trinajstić information content (AvgIpc) is 2.61. The molecule has 1 heterocycles. The van der Waals surface area contributed by atoms with Crippen molar-refractivity contribution in [2.75, 3.05) is 13.2 Å². The van der Waals surface area contributed by atoms with Crippen LogP contribution in [0, 0.1) is 5.41 Å². The minimum atomic E-state index is -0.240. The molecule has 1 aromatic heterocycles. The molecular weight excluding hydrogens is 180 g/mol. The molecule has 1 atom stereocenters. The van der Waals surface area contributed by atoms with Crippen LogP contribution in [0.15, 0.2) is 6.20 Å². The summed E-state index contributed by atoms with van der Waals surface area (Å²) < 4.78 is 1.66. The third-order valence-corrected chi connectivity index (χ3v) is 2.72. The first-order valence-corrected chi connectivity index (χ1v) is 4.82. The van der Waals surface area contributed by atoms with E-state index in [4.69, 9.17) is 5.73 Å². The maximum Gasteiger partial charge on any atom is 0.0833 e. The summed E-state index contributed by atoms with van der Waals surface area (Å²) in [7, 11) is 1.82. The third kappa shape index (κ3) is 2.30. The van der Waals surface area contributed by atoms with Gasteiger partial charge >= 0.3 is 0 Å². The standard InChI is InChI=1S/C9H18N4O/c1-3-9(6-10,7-14)4-8-5-13(2)12-11-8/h5,14H,3-4,6-7,10H2,1-2H3. The number of aliphatic hydroxyl groups is 1. The zero-order chi connectivity index (χ0) is 10.6. The van der Waals surface area contributed by atoms with Gasteiger partial charge in [-0.3, -0.25) is 4.68 Å². The van der Waals surface area contributed by atoms with Crippen molar-refractivity contribution in [1.29, 1.82) is 0 Å². The fraction of sp³-hybridized carbons (Fsp3) is 0.778. The van der Waals surface area contributed by atoms with Crippen LogP contribution in [0.2, 0.25) is 0 Å². The van der Waals surface area contributed by atoms with Gasteiger partial charge in [-0.2, -0.15) is 0 Å². The molecule has 1 unspecified atom stereocenters. The highest BCUT2D eigenvalue weighted by Gasteiger charge is 2.27. The van der Waals surface area contributed by atoms with Gasteiger partial charge < -0.3 is 10.8 Å². The van der Waals surface area contributed by atoms with Crippen molar-refractivity contribution in [3.05, 3.63) is 11.9 Å². The molecule has 0 bridgehead atoms. The number of aromatic nitrogens is 3. The minimum Gasteiger partial charge on any atom is -0.396 e. The van der Waals surface area contributed by atoms with Crippen LogP contribution in [-0.4, -0.2) is 33.3 Å². The first-order valence-electron chi connectivity index (χ1n) is 4.82. The van der Waals surface area contributed by atoms with E-state index in [-0.39, 0.29) is 12.0 Å². The van der Waals surface area contributed by atoms with Crippen molar-refractivity contribution in [2.24, 2.45) is 18.2 Å². The minimum absolute atomic E-state index is 0.0938. The molecule has 0 aliphatic rings. The Balaban J connectivity index is 2.73. The van der Waals surface area contributed by atoms with Crippen LogP contribution >= 0.6 is 0 Å². The molecule has 1 aromatic rings. The molecule has 5 nitrogen and oxygen atoms in total. The molecule has 0 saturated carbocycles. The maximum atomic E-state index is 9.31. The van der Waals surface area contributed by atoms with E-state index in [2.05, 4.69) is 10.3 Å². The second-order valence-corrected chi connectivity index (χ2v) is 3.78. The second kappa shape index (κ2) is 4.52. The zero-order valence-corrected chi connectivity index (χ0v) is 8.77. The Labute approximate surface area is 83.9 Å². The van der Waals surface area contributed by atoms with E-state index in [0.717, 1.165) is 12.1 Å². The van der Waals surface area contributed by atoms with Crippen LogP contribution in [0.4, 0.5) is 0 Å². The molecule has 0 amide bonds. The predicted octanol–water partition coefficient (Wildman–Crippen LogP) is -0.295. The fourth-order valence-corrected chi connectivity index (χ4v) is 1.43. The topological polar surface area (TPSA) is 77.0 Å². The Bertz CT molecular complexity index is 272. The summed E-state index contributed by atoms with van der Waals surface area (Å²) >= 11 is 0. The lowest BCUT2D eigenvalue weighted by Gasteiger charge is -2.27. The fourth-order valence-electron chi connectivity index (χ4n) is 1.43. The highest BCUT2D eigenvalue weighted by atomic mass is 16.3. The molecule has 0 saturated heterocycles. The van der Waals surface area contributed by atoms with Crippen molar-refractivity contribution in [1.82, 2.24) is 15.0 Å². The van der Waals surface area contributed by atoms with Crippen LogP contribution in [0.3, 0.4) is 0 Å². The van der Waals surface area contributed by atoms with Crippen molar-refractivity contribution in [2.45, 2.75) is 19.8 Å². The largest absolute Gasteiger partial charge is 0.396 e. The van der Waals surface area contributed by atoms with E-state index in [0.29, 0.717) is 13.0 Å². The Kier molecular flexibility index (Phi) is 3.60. The van der Waals surface area contributed by atoms with Gasteiger partial charge in [0.2, 0.25) is 0 Å². The molecule has 0 radical (unpaired) electrons. The maximum absolute atomic E-state index is 9.31. The van der Waals surface area contributed by atoms with Gasteiger partial charge in [-0.15, -0.1) is 5.10 Å².